The predicted octanol–water partition coefficient (Wildman–Crippen LogP) is 6.78. The van der Waals surface area contributed by atoms with Crippen LogP contribution >= 0.6 is 0 Å². The first kappa shape index (κ1) is 29.4. The lowest BCUT2D eigenvalue weighted by Crippen LogP contribution is -2.31. The summed E-state index contributed by atoms with van der Waals surface area (Å²) in [4.78, 5) is 14.5. The number of ether oxygens (including phenoxy) is 2. The summed E-state index contributed by atoms with van der Waals surface area (Å²) in [6.07, 6.45) is 0.107. The van der Waals surface area contributed by atoms with Gasteiger partial charge in [0, 0.05) is 28.7 Å². The van der Waals surface area contributed by atoms with Gasteiger partial charge >= 0.3 is 0 Å². The maximum Gasteiger partial charge on any atom is 0.271 e. The third-order valence-electron chi connectivity index (χ3n) is 7.29. The van der Waals surface area contributed by atoms with Crippen molar-refractivity contribution in [3.05, 3.63) is 141 Å². The van der Waals surface area contributed by atoms with E-state index < -0.39 is 34.7 Å². The van der Waals surface area contributed by atoms with E-state index in [4.69, 9.17) is 9.47 Å². The first-order valence-corrected chi connectivity index (χ1v) is 13.5. The molecule has 0 fully saturated rings. The standard InChI is InChI=1S/C34H29F3N2O4/c1-20-31(28-11-6-12-30(37)33(28)40)32(34(41)39(38-20)19-22-14-26(42-2)18-27(15-22)43-3)29(23-8-5-10-25(36)17-23)16-21-7-4-9-24(35)13-21/h4-15,17-18,29,40H,16,19H2,1-3H3. The second-order valence-corrected chi connectivity index (χ2v) is 10.1. The summed E-state index contributed by atoms with van der Waals surface area (Å²) in [5, 5.41) is 15.3. The number of rotatable bonds is 9. The molecule has 6 nitrogen and oxygen atoms in total. The van der Waals surface area contributed by atoms with E-state index in [-0.39, 0.29) is 29.7 Å². The monoisotopic (exact) mass is 586 g/mol. The molecule has 1 atom stereocenters. The molecule has 0 aliphatic carbocycles. The van der Waals surface area contributed by atoms with E-state index in [9.17, 15) is 23.1 Å². The highest BCUT2D eigenvalue weighted by Crippen LogP contribution is 2.40. The van der Waals surface area contributed by atoms with E-state index in [1.165, 1.54) is 61.4 Å². The Labute approximate surface area is 246 Å². The van der Waals surface area contributed by atoms with Gasteiger partial charge in [0.15, 0.2) is 11.6 Å². The van der Waals surface area contributed by atoms with Crippen molar-refractivity contribution >= 4 is 0 Å². The first-order chi connectivity index (χ1) is 20.7. The number of benzene rings is 4. The molecule has 0 aliphatic rings. The number of phenols is 1. The van der Waals surface area contributed by atoms with Gasteiger partial charge in [-0.2, -0.15) is 5.10 Å². The van der Waals surface area contributed by atoms with Gasteiger partial charge in [0.25, 0.3) is 5.56 Å². The van der Waals surface area contributed by atoms with E-state index >= 15 is 0 Å². The predicted molar refractivity (Wildman–Crippen MR) is 157 cm³/mol. The third kappa shape index (κ3) is 6.25. The maximum atomic E-state index is 14.6. The maximum absolute atomic E-state index is 14.6. The van der Waals surface area contributed by atoms with Gasteiger partial charge in [-0.3, -0.25) is 4.79 Å². The van der Waals surface area contributed by atoms with Crippen LogP contribution in [0.4, 0.5) is 13.2 Å². The summed E-state index contributed by atoms with van der Waals surface area (Å²) >= 11 is 0. The summed E-state index contributed by atoms with van der Waals surface area (Å²) in [7, 11) is 3.03. The van der Waals surface area contributed by atoms with E-state index in [2.05, 4.69) is 5.10 Å². The number of aromatic hydroxyl groups is 1. The van der Waals surface area contributed by atoms with Crippen LogP contribution < -0.4 is 15.0 Å². The van der Waals surface area contributed by atoms with Gasteiger partial charge in [-0.25, -0.2) is 17.9 Å². The van der Waals surface area contributed by atoms with Crippen LogP contribution in [0.3, 0.4) is 0 Å². The zero-order valence-electron chi connectivity index (χ0n) is 23.8. The van der Waals surface area contributed by atoms with Gasteiger partial charge in [0.05, 0.1) is 26.5 Å². The molecule has 0 spiro atoms. The number of hydrogen-bond acceptors (Lipinski definition) is 5. The summed E-state index contributed by atoms with van der Waals surface area (Å²) in [5.41, 5.74) is 1.87. The zero-order valence-corrected chi connectivity index (χ0v) is 23.8. The highest BCUT2D eigenvalue weighted by Gasteiger charge is 2.28. The van der Waals surface area contributed by atoms with E-state index in [0.29, 0.717) is 33.9 Å². The molecule has 5 rings (SSSR count). The van der Waals surface area contributed by atoms with E-state index in [1.54, 1.807) is 43.3 Å². The molecule has 0 saturated heterocycles. The van der Waals surface area contributed by atoms with Crippen LogP contribution in [-0.2, 0) is 13.0 Å². The Balaban J connectivity index is 1.80. The van der Waals surface area contributed by atoms with Gasteiger partial charge in [-0.05, 0) is 72.5 Å². The second kappa shape index (κ2) is 12.4. The average Bonchev–Trinajstić information content (AvgIpc) is 2.99. The molecule has 0 radical (unpaired) electrons. The fraction of sp³-hybridized carbons (Fsp3) is 0.176. The summed E-state index contributed by atoms with van der Waals surface area (Å²) in [6, 6.07) is 20.9. The molecular weight excluding hydrogens is 557 g/mol. The van der Waals surface area contributed by atoms with Crippen LogP contribution in [-0.4, -0.2) is 29.1 Å². The fourth-order valence-electron chi connectivity index (χ4n) is 5.34. The van der Waals surface area contributed by atoms with Crippen molar-refractivity contribution < 1.29 is 27.8 Å². The SMILES string of the molecule is COc1cc(Cn2nc(C)c(-c3cccc(F)c3O)c(C(Cc3cccc(F)c3)c3cccc(F)c3)c2=O)cc(OC)c1. The average molecular weight is 587 g/mol. The Morgan fingerprint density at radius 3 is 2.14 bits per heavy atom. The molecule has 1 aromatic heterocycles. The molecule has 1 N–H and O–H groups in total. The molecule has 1 heterocycles. The molecule has 0 saturated carbocycles. The normalized spacial score (nSPS) is 11.8. The quantitative estimate of drug-likeness (QED) is 0.206. The second-order valence-electron chi connectivity index (χ2n) is 10.1. The molecule has 220 valence electrons. The molecule has 1 unspecified atom stereocenters. The van der Waals surface area contributed by atoms with Crippen LogP contribution in [0.25, 0.3) is 11.1 Å². The summed E-state index contributed by atoms with van der Waals surface area (Å²) < 4.78 is 55.5. The molecule has 43 heavy (non-hydrogen) atoms. The van der Waals surface area contributed by atoms with Crippen molar-refractivity contribution in [3.8, 4) is 28.4 Å². The zero-order chi connectivity index (χ0) is 30.7. The van der Waals surface area contributed by atoms with Gasteiger partial charge in [-0.1, -0.05) is 36.4 Å². The van der Waals surface area contributed by atoms with Crippen LogP contribution in [0, 0.1) is 24.4 Å². The van der Waals surface area contributed by atoms with Crippen molar-refractivity contribution in [2.75, 3.05) is 14.2 Å². The van der Waals surface area contributed by atoms with Crippen molar-refractivity contribution in [2.24, 2.45) is 0 Å². The minimum absolute atomic E-state index is 0.0193. The summed E-state index contributed by atoms with van der Waals surface area (Å²) in [5.74, 6) is -2.29. The third-order valence-corrected chi connectivity index (χ3v) is 7.29. The van der Waals surface area contributed by atoms with Crippen LogP contribution in [0.15, 0.2) is 89.7 Å². The van der Waals surface area contributed by atoms with Crippen LogP contribution in [0.1, 0.15) is 33.9 Å². The van der Waals surface area contributed by atoms with Gasteiger partial charge in [-0.15, -0.1) is 0 Å². The minimum Gasteiger partial charge on any atom is -0.504 e. The number of aryl methyl sites for hydroxylation is 1. The topological polar surface area (TPSA) is 73.6 Å². The van der Waals surface area contributed by atoms with Crippen molar-refractivity contribution in [1.29, 1.82) is 0 Å². The number of methoxy groups -OCH3 is 2. The molecular formula is C34H29F3N2O4. The van der Waals surface area contributed by atoms with E-state index in [0.717, 1.165) is 6.07 Å². The first-order valence-electron chi connectivity index (χ1n) is 13.5. The van der Waals surface area contributed by atoms with Crippen molar-refractivity contribution in [3.63, 3.8) is 0 Å². The Bertz CT molecular complexity index is 1830. The molecule has 4 aromatic carbocycles. The molecule has 9 heteroatoms. The summed E-state index contributed by atoms with van der Waals surface area (Å²) in [6.45, 7) is 1.67. The lowest BCUT2D eigenvalue weighted by molar-refractivity contribution is 0.393. The lowest BCUT2D eigenvalue weighted by Gasteiger charge is -2.24. The number of aromatic nitrogens is 2. The number of para-hydroxylation sites is 1. The van der Waals surface area contributed by atoms with Crippen LogP contribution in [0.2, 0.25) is 0 Å². The molecule has 0 aliphatic heterocycles. The van der Waals surface area contributed by atoms with E-state index in [1.807, 2.05) is 0 Å². The lowest BCUT2D eigenvalue weighted by atomic mass is 9.82. The number of phenolic OH excluding ortho intramolecular Hbond substituents is 1. The number of hydrogen-bond donors (Lipinski definition) is 1. The molecule has 5 aromatic rings. The van der Waals surface area contributed by atoms with Gasteiger partial charge in [0.1, 0.15) is 23.1 Å². The molecule has 0 amide bonds. The molecule has 0 bridgehead atoms. The Hall–Kier alpha value is -5.05. The van der Waals surface area contributed by atoms with Gasteiger partial charge in [0.2, 0.25) is 0 Å². The van der Waals surface area contributed by atoms with Crippen molar-refractivity contribution in [1.82, 2.24) is 9.78 Å². The smallest absolute Gasteiger partial charge is 0.271 e. The highest BCUT2D eigenvalue weighted by molar-refractivity contribution is 5.76. The Kier molecular flexibility index (Phi) is 8.52. The van der Waals surface area contributed by atoms with Crippen LogP contribution in [0.5, 0.6) is 17.2 Å². The minimum atomic E-state index is -0.872. The Morgan fingerprint density at radius 2 is 1.49 bits per heavy atom. The largest absolute Gasteiger partial charge is 0.504 e. The van der Waals surface area contributed by atoms with Crippen molar-refractivity contribution in [2.45, 2.75) is 25.8 Å². The number of nitrogens with zero attached hydrogens (tertiary/aromatic N) is 2. The fourth-order valence-corrected chi connectivity index (χ4v) is 5.34. The number of halogens is 3. The van der Waals surface area contributed by atoms with Gasteiger partial charge < -0.3 is 14.6 Å². The highest BCUT2D eigenvalue weighted by atomic mass is 19.1. The Morgan fingerprint density at radius 1 is 0.837 bits per heavy atom.